The molecule has 1 N–H and O–H groups in total. The van der Waals surface area contributed by atoms with Crippen molar-refractivity contribution in [1.82, 2.24) is 10.2 Å². The van der Waals surface area contributed by atoms with Gasteiger partial charge < -0.3 is 10.2 Å². The molecule has 1 amide bonds. The highest BCUT2D eigenvalue weighted by molar-refractivity contribution is 9.10. The summed E-state index contributed by atoms with van der Waals surface area (Å²) in [4.78, 5) is 13.8. The van der Waals surface area contributed by atoms with E-state index in [-0.39, 0.29) is 11.9 Å². The van der Waals surface area contributed by atoms with Crippen molar-refractivity contribution in [3.05, 3.63) is 34.3 Å². The summed E-state index contributed by atoms with van der Waals surface area (Å²) in [6.45, 7) is 4.27. The van der Waals surface area contributed by atoms with Crippen LogP contribution in [0.1, 0.15) is 12.5 Å². The number of amides is 1. The Bertz CT molecular complexity index is 394. The Morgan fingerprint density at radius 1 is 1.56 bits per heavy atom. The third-order valence-electron chi connectivity index (χ3n) is 2.78. The van der Waals surface area contributed by atoms with Gasteiger partial charge in [-0.2, -0.15) is 0 Å². The largest absolute Gasteiger partial charge is 0.336 e. The van der Waals surface area contributed by atoms with Crippen LogP contribution in [0, 0.1) is 0 Å². The van der Waals surface area contributed by atoms with Gasteiger partial charge in [0.1, 0.15) is 0 Å². The first kappa shape index (κ1) is 11.6. The SMILES string of the molecule is CC1NCCN(Cc2cccc(Br)c2)C1=O. The van der Waals surface area contributed by atoms with Gasteiger partial charge in [-0.15, -0.1) is 0 Å². The van der Waals surface area contributed by atoms with Crippen LogP contribution in [0.4, 0.5) is 0 Å². The van der Waals surface area contributed by atoms with Gasteiger partial charge in [0.15, 0.2) is 0 Å². The predicted octanol–water partition coefficient (Wildman–Crippen LogP) is 1.77. The van der Waals surface area contributed by atoms with E-state index in [0.29, 0.717) is 6.54 Å². The quantitative estimate of drug-likeness (QED) is 0.897. The smallest absolute Gasteiger partial charge is 0.239 e. The molecule has 1 unspecified atom stereocenters. The summed E-state index contributed by atoms with van der Waals surface area (Å²) in [5, 5.41) is 3.16. The molecule has 1 aliphatic rings. The van der Waals surface area contributed by atoms with Crippen LogP contribution in [0.15, 0.2) is 28.7 Å². The summed E-state index contributed by atoms with van der Waals surface area (Å²) in [6, 6.07) is 8.03. The summed E-state index contributed by atoms with van der Waals surface area (Å²) >= 11 is 3.44. The van der Waals surface area contributed by atoms with Gasteiger partial charge in [0.25, 0.3) is 0 Å². The van der Waals surface area contributed by atoms with E-state index < -0.39 is 0 Å². The summed E-state index contributed by atoms with van der Waals surface area (Å²) in [7, 11) is 0. The second-order valence-electron chi connectivity index (χ2n) is 4.07. The van der Waals surface area contributed by atoms with Gasteiger partial charge in [-0.3, -0.25) is 4.79 Å². The van der Waals surface area contributed by atoms with Crippen molar-refractivity contribution in [2.45, 2.75) is 19.5 Å². The summed E-state index contributed by atoms with van der Waals surface area (Å²) in [6.07, 6.45) is 0. The Balaban J connectivity index is 2.06. The molecule has 1 saturated heterocycles. The average molecular weight is 283 g/mol. The van der Waals surface area contributed by atoms with Crippen molar-refractivity contribution < 1.29 is 4.79 Å². The fraction of sp³-hybridized carbons (Fsp3) is 0.417. The minimum Gasteiger partial charge on any atom is -0.336 e. The predicted molar refractivity (Wildman–Crippen MR) is 67.0 cm³/mol. The van der Waals surface area contributed by atoms with Gasteiger partial charge >= 0.3 is 0 Å². The van der Waals surface area contributed by atoms with E-state index >= 15 is 0 Å². The van der Waals surface area contributed by atoms with Crippen LogP contribution in [-0.4, -0.2) is 29.9 Å². The summed E-state index contributed by atoms with van der Waals surface area (Å²) in [5.74, 6) is 0.186. The monoisotopic (exact) mass is 282 g/mol. The number of hydrogen-bond donors (Lipinski definition) is 1. The minimum atomic E-state index is -0.0547. The lowest BCUT2D eigenvalue weighted by molar-refractivity contribution is -0.135. The molecule has 0 radical (unpaired) electrons. The average Bonchev–Trinajstić information content (AvgIpc) is 2.25. The summed E-state index contributed by atoms with van der Waals surface area (Å²) in [5.41, 5.74) is 1.16. The van der Waals surface area contributed by atoms with Crippen LogP contribution in [-0.2, 0) is 11.3 Å². The van der Waals surface area contributed by atoms with Gasteiger partial charge in [-0.05, 0) is 24.6 Å². The number of rotatable bonds is 2. The van der Waals surface area contributed by atoms with Crippen LogP contribution in [0.2, 0.25) is 0 Å². The molecule has 0 bridgehead atoms. The molecule has 3 nitrogen and oxygen atoms in total. The first-order valence-corrected chi connectivity index (χ1v) is 6.23. The van der Waals surface area contributed by atoms with Crippen LogP contribution >= 0.6 is 15.9 Å². The summed E-state index contributed by atoms with van der Waals surface area (Å²) < 4.78 is 1.06. The Morgan fingerprint density at radius 3 is 3.12 bits per heavy atom. The van der Waals surface area contributed by atoms with Crippen molar-refractivity contribution in [3.63, 3.8) is 0 Å². The van der Waals surface area contributed by atoms with Crippen molar-refractivity contribution in [2.24, 2.45) is 0 Å². The maximum absolute atomic E-state index is 11.9. The van der Waals surface area contributed by atoms with E-state index in [1.54, 1.807) is 0 Å². The molecule has 4 heteroatoms. The maximum Gasteiger partial charge on any atom is 0.239 e. The zero-order valence-electron chi connectivity index (χ0n) is 9.24. The molecule has 0 spiro atoms. The number of hydrogen-bond acceptors (Lipinski definition) is 2. The maximum atomic E-state index is 11.9. The second-order valence-corrected chi connectivity index (χ2v) is 4.98. The van der Waals surface area contributed by atoms with Gasteiger partial charge in [0, 0.05) is 24.1 Å². The topological polar surface area (TPSA) is 32.3 Å². The molecule has 1 atom stereocenters. The normalized spacial score (nSPS) is 21.2. The molecule has 1 aliphatic heterocycles. The Labute approximate surface area is 104 Å². The molecule has 1 aromatic rings. The molecule has 1 aromatic carbocycles. The first-order valence-electron chi connectivity index (χ1n) is 5.43. The number of piperazine rings is 1. The van der Waals surface area contributed by atoms with E-state index in [9.17, 15) is 4.79 Å². The molecular formula is C12H15BrN2O. The number of halogens is 1. The highest BCUT2D eigenvalue weighted by Crippen LogP contribution is 2.14. The lowest BCUT2D eigenvalue weighted by atomic mass is 10.1. The van der Waals surface area contributed by atoms with E-state index in [1.165, 1.54) is 0 Å². The second kappa shape index (κ2) is 4.97. The van der Waals surface area contributed by atoms with Gasteiger partial charge in [-0.1, -0.05) is 28.1 Å². The third kappa shape index (κ3) is 2.62. The molecule has 0 saturated carbocycles. The standard InChI is InChI=1S/C12H15BrN2O/c1-9-12(16)15(6-5-14-9)8-10-3-2-4-11(13)7-10/h2-4,7,9,14H,5-6,8H2,1H3. The third-order valence-corrected chi connectivity index (χ3v) is 3.27. The van der Waals surface area contributed by atoms with Crippen LogP contribution in [0.5, 0.6) is 0 Å². The van der Waals surface area contributed by atoms with Crippen LogP contribution in [0.25, 0.3) is 0 Å². The molecule has 1 heterocycles. The van der Waals surface area contributed by atoms with Crippen LogP contribution < -0.4 is 5.32 Å². The van der Waals surface area contributed by atoms with Crippen molar-refractivity contribution in [1.29, 1.82) is 0 Å². The Hall–Kier alpha value is -0.870. The Kier molecular flexibility index (Phi) is 3.61. The van der Waals surface area contributed by atoms with E-state index in [4.69, 9.17) is 0 Å². The number of nitrogens with one attached hydrogen (secondary N) is 1. The van der Waals surface area contributed by atoms with Crippen molar-refractivity contribution >= 4 is 21.8 Å². The van der Waals surface area contributed by atoms with Crippen molar-refractivity contribution in [2.75, 3.05) is 13.1 Å². The fourth-order valence-corrected chi connectivity index (χ4v) is 2.35. The molecule has 0 aliphatic carbocycles. The van der Waals surface area contributed by atoms with Crippen LogP contribution in [0.3, 0.4) is 0 Å². The fourth-order valence-electron chi connectivity index (χ4n) is 1.90. The molecule has 16 heavy (non-hydrogen) atoms. The van der Waals surface area contributed by atoms with Gasteiger partial charge in [-0.25, -0.2) is 0 Å². The molecule has 0 aromatic heterocycles. The number of carbonyl (C=O) groups is 1. The van der Waals surface area contributed by atoms with E-state index in [1.807, 2.05) is 30.0 Å². The van der Waals surface area contributed by atoms with Gasteiger partial charge in [0.05, 0.1) is 6.04 Å². The zero-order valence-corrected chi connectivity index (χ0v) is 10.8. The Morgan fingerprint density at radius 2 is 2.38 bits per heavy atom. The number of benzene rings is 1. The van der Waals surface area contributed by atoms with Crippen molar-refractivity contribution in [3.8, 4) is 0 Å². The first-order chi connectivity index (χ1) is 7.66. The molecule has 1 fully saturated rings. The lowest BCUT2D eigenvalue weighted by Gasteiger charge is -2.31. The number of carbonyl (C=O) groups excluding carboxylic acids is 1. The molecule has 86 valence electrons. The molecule has 2 rings (SSSR count). The van der Waals surface area contributed by atoms with Gasteiger partial charge in [0.2, 0.25) is 5.91 Å². The lowest BCUT2D eigenvalue weighted by Crippen LogP contribution is -2.53. The highest BCUT2D eigenvalue weighted by Gasteiger charge is 2.24. The van der Waals surface area contributed by atoms with E-state index in [0.717, 1.165) is 23.1 Å². The molecular weight excluding hydrogens is 268 g/mol. The minimum absolute atomic E-state index is 0.0547. The zero-order chi connectivity index (χ0) is 11.5. The van der Waals surface area contributed by atoms with E-state index in [2.05, 4.69) is 27.3 Å². The highest BCUT2D eigenvalue weighted by atomic mass is 79.9. The number of nitrogens with zero attached hydrogens (tertiary/aromatic N) is 1.